The molecule has 0 aromatic heterocycles. The fraction of sp³-hybridized carbons (Fsp3) is 0.750. The first kappa shape index (κ1) is 14.2. The van der Waals surface area contributed by atoms with Crippen LogP contribution in [0, 0.1) is 0 Å². The molecule has 0 spiro atoms. The normalized spacial score (nSPS) is 22.2. The summed E-state index contributed by atoms with van der Waals surface area (Å²) in [5, 5.41) is 0. The van der Waals surface area contributed by atoms with E-state index in [2.05, 4.69) is 0 Å². The van der Waals surface area contributed by atoms with Gasteiger partial charge in [0.05, 0.1) is 11.5 Å². The molecule has 17 heavy (non-hydrogen) atoms. The van der Waals surface area contributed by atoms with Crippen LogP contribution in [0.3, 0.4) is 0 Å². The molecule has 98 valence electrons. The van der Waals surface area contributed by atoms with Gasteiger partial charge in [-0.15, -0.1) is 0 Å². The smallest absolute Gasteiger partial charge is 0.246 e. The lowest BCUT2D eigenvalue weighted by Gasteiger charge is -2.26. The number of amides is 1. The van der Waals surface area contributed by atoms with E-state index in [0.717, 1.165) is 12.0 Å². The Morgan fingerprint density at radius 1 is 1.41 bits per heavy atom. The predicted molar refractivity (Wildman–Crippen MR) is 68.5 cm³/mol. The largest absolute Gasteiger partial charge is 0.335 e. The summed E-state index contributed by atoms with van der Waals surface area (Å²) in [5.41, 5.74) is 0.942. The third kappa shape index (κ3) is 4.15. The van der Waals surface area contributed by atoms with Gasteiger partial charge in [-0.3, -0.25) is 4.79 Å². The molecule has 0 saturated carbocycles. The monoisotopic (exact) mass is 259 g/mol. The van der Waals surface area contributed by atoms with Gasteiger partial charge in [0.1, 0.15) is 0 Å². The number of carbonyl (C=O) groups is 1. The Labute approximate surface area is 104 Å². The Morgan fingerprint density at radius 3 is 2.47 bits per heavy atom. The van der Waals surface area contributed by atoms with E-state index in [1.165, 1.54) is 0 Å². The van der Waals surface area contributed by atoms with Crippen molar-refractivity contribution < 1.29 is 13.2 Å². The van der Waals surface area contributed by atoms with Crippen molar-refractivity contribution in [2.45, 2.75) is 39.7 Å². The summed E-state index contributed by atoms with van der Waals surface area (Å²) in [6.45, 7) is 6.36. The average Bonchev–Trinajstić information content (AvgIpc) is 2.53. The fourth-order valence-corrected chi connectivity index (χ4v) is 3.80. The van der Waals surface area contributed by atoms with E-state index in [0.29, 0.717) is 13.0 Å². The van der Waals surface area contributed by atoms with E-state index < -0.39 is 9.84 Å². The molecule has 0 aromatic carbocycles. The van der Waals surface area contributed by atoms with Gasteiger partial charge in [-0.2, -0.15) is 0 Å². The Morgan fingerprint density at radius 2 is 2.06 bits per heavy atom. The van der Waals surface area contributed by atoms with Crippen LogP contribution in [-0.4, -0.2) is 43.3 Å². The molecule has 0 unspecified atom stereocenters. The van der Waals surface area contributed by atoms with Crippen molar-refractivity contribution in [2.24, 2.45) is 0 Å². The molecule has 1 saturated heterocycles. The molecule has 0 aromatic rings. The molecule has 0 radical (unpaired) electrons. The van der Waals surface area contributed by atoms with Crippen LogP contribution in [0.15, 0.2) is 11.6 Å². The lowest BCUT2D eigenvalue weighted by molar-refractivity contribution is -0.127. The van der Waals surface area contributed by atoms with Gasteiger partial charge in [-0.05, 0) is 26.7 Å². The zero-order valence-electron chi connectivity index (χ0n) is 10.8. The highest BCUT2D eigenvalue weighted by atomic mass is 32.2. The summed E-state index contributed by atoms with van der Waals surface area (Å²) in [4.78, 5) is 13.7. The maximum atomic E-state index is 12.0. The highest BCUT2D eigenvalue weighted by Gasteiger charge is 2.33. The molecule has 1 amide bonds. The van der Waals surface area contributed by atoms with Crippen LogP contribution in [0.2, 0.25) is 0 Å². The first-order valence-electron chi connectivity index (χ1n) is 6.01. The van der Waals surface area contributed by atoms with Crippen LogP contribution in [0.5, 0.6) is 0 Å². The molecule has 1 aliphatic heterocycles. The number of carbonyl (C=O) groups excluding carboxylic acids is 1. The number of hydrogen-bond acceptors (Lipinski definition) is 3. The van der Waals surface area contributed by atoms with Crippen molar-refractivity contribution in [1.29, 1.82) is 0 Å². The number of sulfone groups is 1. The summed E-state index contributed by atoms with van der Waals surface area (Å²) < 4.78 is 22.9. The van der Waals surface area contributed by atoms with Crippen LogP contribution in [0.25, 0.3) is 0 Å². The van der Waals surface area contributed by atoms with Crippen molar-refractivity contribution in [2.75, 3.05) is 18.1 Å². The first-order chi connectivity index (χ1) is 7.85. The molecule has 4 nitrogen and oxygen atoms in total. The fourth-order valence-electron chi connectivity index (χ4n) is 2.06. The second-order valence-corrected chi connectivity index (χ2v) is 7.04. The Hall–Kier alpha value is -0.840. The number of allylic oxidation sites excluding steroid dienone is 1. The van der Waals surface area contributed by atoms with Crippen LogP contribution < -0.4 is 0 Å². The first-order valence-corrected chi connectivity index (χ1v) is 7.84. The Kier molecular flexibility index (Phi) is 4.74. The van der Waals surface area contributed by atoms with E-state index in [1.807, 2.05) is 20.8 Å². The number of hydrogen-bond donors (Lipinski definition) is 0. The molecule has 5 heteroatoms. The molecular weight excluding hydrogens is 238 g/mol. The predicted octanol–water partition coefficient (Wildman–Crippen LogP) is 1.38. The number of nitrogens with zero attached hydrogens (tertiary/aromatic N) is 1. The summed E-state index contributed by atoms with van der Waals surface area (Å²) in [5.74, 6) is 0.268. The van der Waals surface area contributed by atoms with Gasteiger partial charge in [0.15, 0.2) is 9.84 Å². The summed E-state index contributed by atoms with van der Waals surface area (Å²) in [6.07, 6.45) is 3.00. The van der Waals surface area contributed by atoms with Crippen molar-refractivity contribution >= 4 is 15.7 Å². The van der Waals surface area contributed by atoms with Crippen LogP contribution in [-0.2, 0) is 14.6 Å². The van der Waals surface area contributed by atoms with Gasteiger partial charge in [0.25, 0.3) is 0 Å². The zero-order chi connectivity index (χ0) is 13.1. The highest BCUT2D eigenvalue weighted by molar-refractivity contribution is 7.91. The third-order valence-corrected chi connectivity index (χ3v) is 4.56. The minimum Gasteiger partial charge on any atom is -0.335 e. The van der Waals surface area contributed by atoms with Gasteiger partial charge in [0.2, 0.25) is 5.91 Å². The summed E-state index contributed by atoms with van der Waals surface area (Å²) in [6, 6.07) is -0.136. The van der Waals surface area contributed by atoms with Crippen molar-refractivity contribution in [3.63, 3.8) is 0 Å². The lowest BCUT2D eigenvalue weighted by atomic mass is 10.2. The van der Waals surface area contributed by atoms with Gasteiger partial charge >= 0.3 is 0 Å². The van der Waals surface area contributed by atoms with E-state index in [4.69, 9.17) is 0 Å². The van der Waals surface area contributed by atoms with E-state index in [9.17, 15) is 13.2 Å². The van der Waals surface area contributed by atoms with Crippen molar-refractivity contribution in [1.82, 2.24) is 4.90 Å². The minimum atomic E-state index is -2.94. The van der Waals surface area contributed by atoms with Crippen LogP contribution in [0.4, 0.5) is 0 Å². The molecule has 1 heterocycles. The molecule has 1 fully saturated rings. The molecule has 1 aliphatic rings. The number of rotatable bonds is 4. The zero-order valence-corrected chi connectivity index (χ0v) is 11.6. The van der Waals surface area contributed by atoms with Gasteiger partial charge in [-0.25, -0.2) is 8.42 Å². The van der Waals surface area contributed by atoms with Crippen molar-refractivity contribution in [3.05, 3.63) is 11.6 Å². The van der Waals surface area contributed by atoms with E-state index in [-0.39, 0.29) is 23.5 Å². The van der Waals surface area contributed by atoms with Gasteiger partial charge < -0.3 is 4.90 Å². The minimum absolute atomic E-state index is 0.0612. The highest BCUT2D eigenvalue weighted by Crippen LogP contribution is 2.18. The van der Waals surface area contributed by atoms with Crippen LogP contribution >= 0.6 is 0 Å². The Balaban J connectivity index is 2.80. The molecular formula is C12H21NO3S. The average molecular weight is 259 g/mol. The standard InChI is InChI=1S/C12H21NO3S/c1-4-6-13(12(14)8-10(2)3)11-5-7-17(15,16)9-11/h8,11H,4-7,9H2,1-3H3/t11-/m1/s1. The molecule has 0 N–H and O–H groups in total. The third-order valence-electron chi connectivity index (χ3n) is 2.81. The molecule has 1 rings (SSSR count). The maximum absolute atomic E-state index is 12.0. The van der Waals surface area contributed by atoms with Crippen LogP contribution in [0.1, 0.15) is 33.6 Å². The molecule has 0 aliphatic carbocycles. The molecule has 1 atom stereocenters. The van der Waals surface area contributed by atoms with E-state index in [1.54, 1.807) is 11.0 Å². The van der Waals surface area contributed by atoms with Gasteiger partial charge in [-0.1, -0.05) is 12.5 Å². The van der Waals surface area contributed by atoms with Gasteiger partial charge in [0, 0.05) is 18.7 Å². The van der Waals surface area contributed by atoms with Crippen molar-refractivity contribution in [3.8, 4) is 0 Å². The maximum Gasteiger partial charge on any atom is 0.246 e. The Bertz CT molecular complexity index is 407. The second kappa shape index (κ2) is 5.67. The van der Waals surface area contributed by atoms with E-state index >= 15 is 0 Å². The summed E-state index contributed by atoms with van der Waals surface area (Å²) >= 11 is 0. The topological polar surface area (TPSA) is 54.5 Å². The summed E-state index contributed by atoms with van der Waals surface area (Å²) in [7, 11) is -2.94. The second-order valence-electron chi connectivity index (χ2n) is 4.81. The SMILES string of the molecule is CCCN(C(=O)C=C(C)C)[C@@H]1CCS(=O)(=O)C1. The molecule has 0 bridgehead atoms. The lowest BCUT2D eigenvalue weighted by Crippen LogP contribution is -2.40. The quantitative estimate of drug-likeness (QED) is 0.717.